The highest BCUT2D eigenvalue weighted by atomic mass is 19.1. The molecule has 0 spiro atoms. The van der Waals surface area contributed by atoms with Crippen LogP contribution in [0, 0.1) is 0 Å². The summed E-state index contributed by atoms with van der Waals surface area (Å²) in [6.07, 6.45) is 5.65. The zero-order valence-electron chi connectivity index (χ0n) is 9.82. The molecule has 2 heteroatoms. The highest BCUT2D eigenvalue weighted by Gasteiger charge is 2.14. The summed E-state index contributed by atoms with van der Waals surface area (Å²) in [5.74, 6) is 0.557. The lowest BCUT2D eigenvalue weighted by atomic mass is 10.1. The van der Waals surface area contributed by atoms with Gasteiger partial charge in [-0.15, -0.1) is 0 Å². The maximum Gasteiger partial charge on any atom is 0.125 e. The Labute approximate surface area is 101 Å². The van der Waals surface area contributed by atoms with Crippen LogP contribution in [0.25, 0.3) is 6.08 Å². The van der Waals surface area contributed by atoms with Gasteiger partial charge >= 0.3 is 0 Å². The van der Waals surface area contributed by atoms with Crippen LogP contribution in [0.5, 0.6) is 5.75 Å². The van der Waals surface area contributed by atoms with Crippen molar-refractivity contribution >= 4 is 6.08 Å². The maximum absolute atomic E-state index is 13.3. The third-order valence-electron chi connectivity index (χ3n) is 2.77. The van der Waals surface area contributed by atoms with Crippen LogP contribution in [0.15, 0.2) is 54.4 Å². The number of halogens is 1. The molecule has 0 fully saturated rings. The molecule has 1 aliphatic rings. The number of ether oxygens (including phenoxy) is 1. The van der Waals surface area contributed by atoms with Crippen molar-refractivity contribution in [1.82, 2.24) is 0 Å². The molecule has 1 aromatic rings. The minimum Gasteiger partial charge on any atom is -0.486 e. The van der Waals surface area contributed by atoms with Gasteiger partial charge in [0.25, 0.3) is 0 Å². The molecule has 0 bridgehead atoms. The van der Waals surface area contributed by atoms with Gasteiger partial charge in [0, 0.05) is 6.42 Å². The molecule has 0 amide bonds. The molecule has 88 valence electrons. The Hall–Kier alpha value is -1.83. The smallest absolute Gasteiger partial charge is 0.125 e. The number of allylic oxidation sites excluding steroid dienone is 2. The molecule has 0 aromatic heterocycles. The van der Waals surface area contributed by atoms with Crippen LogP contribution in [0.3, 0.4) is 0 Å². The Bertz CT molecular complexity index is 468. The molecule has 1 atom stereocenters. The SMILES string of the molecule is C=Cc1ccc(OC2C=C(F)C(C)=CC2)cc1. The summed E-state index contributed by atoms with van der Waals surface area (Å²) in [7, 11) is 0. The van der Waals surface area contributed by atoms with Gasteiger partial charge in [-0.05, 0) is 36.3 Å². The fourth-order valence-corrected chi connectivity index (χ4v) is 1.69. The minimum atomic E-state index is -0.215. The molecule has 17 heavy (non-hydrogen) atoms. The van der Waals surface area contributed by atoms with Crippen LogP contribution < -0.4 is 4.74 Å². The predicted octanol–water partition coefficient (Wildman–Crippen LogP) is 4.28. The van der Waals surface area contributed by atoms with E-state index in [-0.39, 0.29) is 11.9 Å². The molecule has 0 aliphatic heterocycles. The second-order valence-electron chi connectivity index (χ2n) is 4.07. The quantitative estimate of drug-likeness (QED) is 0.753. The molecular formula is C15H15FO. The van der Waals surface area contributed by atoms with Crippen molar-refractivity contribution in [2.24, 2.45) is 0 Å². The van der Waals surface area contributed by atoms with Crippen LogP contribution in [-0.4, -0.2) is 6.10 Å². The highest BCUT2D eigenvalue weighted by molar-refractivity contribution is 5.48. The molecule has 1 unspecified atom stereocenters. The van der Waals surface area contributed by atoms with Crippen LogP contribution in [0.4, 0.5) is 4.39 Å². The normalized spacial score (nSPS) is 19.3. The fourth-order valence-electron chi connectivity index (χ4n) is 1.69. The zero-order chi connectivity index (χ0) is 12.3. The molecule has 2 rings (SSSR count). The highest BCUT2D eigenvalue weighted by Crippen LogP contribution is 2.23. The Morgan fingerprint density at radius 3 is 2.65 bits per heavy atom. The van der Waals surface area contributed by atoms with E-state index in [9.17, 15) is 4.39 Å². The molecule has 0 N–H and O–H groups in total. The van der Waals surface area contributed by atoms with Gasteiger partial charge in [-0.3, -0.25) is 0 Å². The first-order valence-corrected chi connectivity index (χ1v) is 5.62. The summed E-state index contributed by atoms with van der Waals surface area (Å²) < 4.78 is 19.0. The lowest BCUT2D eigenvalue weighted by Crippen LogP contribution is -2.15. The van der Waals surface area contributed by atoms with E-state index in [1.807, 2.05) is 30.3 Å². The third-order valence-corrected chi connectivity index (χ3v) is 2.77. The van der Waals surface area contributed by atoms with Crippen LogP contribution in [-0.2, 0) is 0 Å². The number of rotatable bonds is 3. The Morgan fingerprint density at radius 2 is 2.06 bits per heavy atom. The van der Waals surface area contributed by atoms with Gasteiger partial charge < -0.3 is 4.74 Å². The Kier molecular flexibility index (Phi) is 3.43. The molecule has 0 saturated heterocycles. The molecule has 0 radical (unpaired) electrons. The lowest BCUT2D eigenvalue weighted by molar-refractivity contribution is 0.247. The van der Waals surface area contributed by atoms with Gasteiger partial charge in [0.1, 0.15) is 17.7 Å². The first kappa shape index (κ1) is 11.6. The van der Waals surface area contributed by atoms with Crippen molar-refractivity contribution in [3.05, 3.63) is 60.0 Å². The van der Waals surface area contributed by atoms with E-state index in [1.54, 1.807) is 13.0 Å². The van der Waals surface area contributed by atoms with Crippen molar-refractivity contribution in [1.29, 1.82) is 0 Å². The average Bonchev–Trinajstić information content (AvgIpc) is 2.35. The summed E-state index contributed by atoms with van der Waals surface area (Å²) in [6, 6.07) is 7.58. The van der Waals surface area contributed by atoms with Gasteiger partial charge in [0.15, 0.2) is 0 Å². The van der Waals surface area contributed by atoms with Crippen LogP contribution in [0.2, 0.25) is 0 Å². The van der Waals surface area contributed by atoms with Crippen molar-refractivity contribution in [2.75, 3.05) is 0 Å². The monoisotopic (exact) mass is 230 g/mol. The predicted molar refractivity (Wildman–Crippen MR) is 68.5 cm³/mol. The van der Waals surface area contributed by atoms with E-state index in [2.05, 4.69) is 6.58 Å². The van der Waals surface area contributed by atoms with E-state index in [1.165, 1.54) is 6.08 Å². The van der Waals surface area contributed by atoms with Crippen molar-refractivity contribution < 1.29 is 9.13 Å². The second-order valence-corrected chi connectivity index (χ2v) is 4.07. The molecule has 0 heterocycles. The summed E-state index contributed by atoms with van der Waals surface area (Å²) in [6.45, 7) is 5.45. The first-order chi connectivity index (χ1) is 8.19. The molecule has 1 nitrogen and oxygen atoms in total. The topological polar surface area (TPSA) is 9.23 Å². The molecular weight excluding hydrogens is 215 g/mol. The minimum absolute atomic E-state index is 0.191. The zero-order valence-corrected chi connectivity index (χ0v) is 9.82. The second kappa shape index (κ2) is 5.00. The van der Waals surface area contributed by atoms with Gasteiger partial charge in [-0.25, -0.2) is 4.39 Å². The average molecular weight is 230 g/mol. The standard InChI is InChI=1S/C15H15FO/c1-3-12-5-8-13(9-6-12)17-14-7-4-11(2)15(16)10-14/h3-6,8-10,14H,1,7H2,2H3. The van der Waals surface area contributed by atoms with E-state index in [0.29, 0.717) is 12.0 Å². The van der Waals surface area contributed by atoms with E-state index >= 15 is 0 Å². The van der Waals surface area contributed by atoms with Gasteiger partial charge in [0.05, 0.1) is 0 Å². The Morgan fingerprint density at radius 1 is 1.35 bits per heavy atom. The van der Waals surface area contributed by atoms with Crippen molar-refractivity contribution in [3.8, 4) is 5.75 Å². The lowest BCUT2D eigenvalue weighted by Gasteiger charge is -2.18. The maximum atomic E-state index is 13.3. The summed E-state index contributed by atoms with van der Waals surface area (Å²) in [4.78, 5) is 0. The number of hydrogen-bond acceptors (Lipinski definition) is 1. The van der Waals surface area contributed by atoms with Gasteiger partial charge in [-0.2, -0.15) is 0 Å². The third kappa shape index (κ3) is 2.84. The van der Waals surface area contributed by atoms with E-state index in [4.69, 9.17) is 4.74 Å². The van der Waals surface area contributed by atoms with Crippen molar-refractivity contribution in [2.45, 2.75) is 19.4 Å². The van der Waals surface area contributed by atoms with Crippen LogP contribution in [0.1, 0.15) is 18.9 Å². The number of hydrogen-bond donors (Lipinski definition) is 0. The summed E-state index contributed by atoms with van der Waals surface area (Å²) in [5.41, 5.74) is 1.73. The van der Waals surface area contributed by atoms with Crippen LogP contribution >= 0.6 is 0 Å². The molecule has 1 aliphatic carbocycles. The number of benzene rings is 1. The first-order valence-electron chi connectivity index (χ1n) is 5.62. The van der Waals surface area contributed by atoms with Gasteiger partial charge in [0.2, 0.25) is 0 Å². The van der Waals surface area contributed by atoms with E-state index in [0.717, 1.165) is 11.3 Å². The molecule has 0 saturated carbocycles. The van der Waals surface area contributed by atoms with Crippen molar-refractivity contribution in [3.63, 3.8) is 0 Å². The summed E-state index contributed by atoms with van der Waals surface area (Å²) >= 11 is 0. The van der Waals surface area contributed by atoms with Gasteiger partial charge in [-0.1, -0.05) is 30.9 Å². The largest absolute Gasteiger partial charge is 0.486 e. The summed E-state index contributed by atoms with van der Waals surface area (Å²) in [5, 5.41) is 0. The molecule has 1 aromatic carbocycles. The fraction of sp³-hybridized carbons (Fsp3) is 0.200. The van der Waals surface area contributed by atoms with E-state index < -0.39 is 0 Å². The Balaban J connectivity index is 2.04.